The van der Waals surface area contributed by atoms with Crippen LogP contribution in [0.5, 0.6) is 5.75 Å². The van der Waals surface area contributed by atoms with Gasteiger partial charge in [-0.1, -0.05) is 41.0 Å². The van der Waals surface area contributed by atoms with Crippen LogP contribution in [0.25, 0.3) is 22.2 Å². The summed E-state index contributed by atoms with van der Waals surface area (Å²) >= 11 is 5.87. The average molecular weight is 427 g/mol. The van der Waals surface area contributed by atoms with Crippen LogP contribution in [0.2, 0.25) is 5.02 Å². The van der Waals surface area contributed by atoms with Gasteiger partial charge in [0.05, 0.1) is 0 Å². The van der Waals surface area contributed by atoms with Crippen LogP contribution >= 0.6 is 11.6 Å². The molecule has 5 nitrogen and oxygen atoms in total. The number of halogens is 2. The van der Waals surface area contributed by atoms with Crippen LogP contribution in [0.15, 0.2) is 71.3 Å². The molecular weight excluding hydrogens is 407 g/mol. The fourth-order valence-corrected chi connectivity index (χ4v) is 3.21. The molecule has 0 aliphatic heterocycles. The Labute approximate surface area is 178 Å². The number of hydrogen-bond donors (Lipinski definition) is 2. The highest BCUT2D eigenvalue weighted by molar-refractivity contribution is 6.30. The largest absolute Gasteiger partial charge is 0.491 e. The number of fused-ring (bicyclic) bond motifs is 1. The summed E-state index contributed by atoms with van der Waals surface area (Å²) in [7, 11) is 0. The number of ether oxygens (including phenoxy) is 1. The summed E-state index contributed by atoms with van der Waals surface area (Å²) < 4.78 is 24.5. The van der Waals surface area contributed by atoms with Crippen LogP contribution in [0.4, 0.5) is 4.39 Å². The molecule has 7 heteroatoms. The second-order valence-electron chi connectivity index (χ2n) is 6.92. The van der Waals surface area contributed by atoms with E-state index in [0.717, 1.165) is 16.5 Å². The number of hydrogen-bond acceptors (Lipinski definition) is 5. The number of benzene rings is 3. The van der Waals surface area contributed by atoms with Crippen LogP contribution in [0.3, 0.4) is 0 Å². The zero-order chi connectivity index (χ0) is 20.9. The third-order valence-corrected chi connectivity index (χ3v) is 4.85. The molecule has 0 radical (unpaired) electrons. The molecule has 1 aromatic heterocycles. The van der Waals surface area contributed by atoms with E-state index in [2.05, 4.69) is 10.5 Å². The van der Waals surface area contributed by atoms with Gasteiger partial charge >= 0.3 is 0 Å². The second kappa shape index (κ2) is 9.26. The minimum Gasteiger partial charge on any atom is -0.491 e. The van der Waals surface area contributed by atoms with E-state index in [1.807, 2.05) is 36.4 Å². The van der Waals surface area contributed by atoms with Crippen molar-refractivity contribution >= 4 is 22.5 Å². The van der Waals surface area contributed by atoms with Gasteiger partial charge in [-0.25, -0.2) is 4.39 Å². The summed E-state index contributed by atoms with van der Waals surface area (Å²) in [6, 6.07) is 19.2. The van der Waals surface area contributed by atoms with Crippen molar-refractivity contribution in [1.29, 1.82) is 0 Å². The highest BCUT2D eigenvalue weighted by Gasteiger charge is 2.13. The molecule has 0 aliphatic rings. The number of rotatable bonds is 8. The SMILES string of the molecule is O[C@H](CNCc1ccc(Cl)cc1)COc1cccc(-c2onc3cc(F)ccc23)c1. The van der Waals surface area contributed by atoms with E-state index >= 15 is 0 Å². The van der Waals surface area contributed by atoms with Crippen LogP contribution in [0, 0.1) is 5.82 Å². The van der Waals surface area contributed by atoms with E-state index in [9.17, 15) is 9.50 Å². The molecule has 0 saturated heterocycles. The number of aromatic nitrogens is 1. The molecule has 0 saturated carbocycles. The summed E-state index contributed by atoms with van der Waals surface area (Å²) in [6.45, 7) is 1.16. The van der Waals surface area contributed by atoms with Crippen molar-refractivity contribution in [2.45, 2.75) is 12.6 Å². The van der Waals surface area contributed by atoms with Gasteiger partial charge in [0.25, 0.3) is 0 Å². The van der Waals surface area contributed by atoms with Crippen LogP contribution in [0.1, 0.15) is 5.56 Å². The lowest BCUT2D eigenvalue weighted by Gasteiger charge is -2.14. The van der Waals surface area contributed by atoms with Gasteiger partial charge in [0.2, 0.25) is 0 Å². The monoisotopic (exact) mass is 426 g/mol. The molecule has 0 bridgehead atoms. The van der Waals surface area contributed by atoms with Crippen molar-refractivity contribution in [2.24, 2.45) is 0 Å². The van der Waals surface area contributed by atoms with E-state index in [-0.39, 0.29) is 12.4 Å². The Hall–Kier alpha value is -2.93. The Morgan fingerprint density at radius 3 is 2.77 bits per heavy atom. The molecule has 4 rings (SSSR count). The van der Waals surface area contributed by atoms with Crippen LogP contribution in [-0.4, -0.2) is 29.5 Å². The first-order chi connectivity index (χ1) is 14.6. The first-order valence-electron chi connectivity index (χ1n) is 9.50. The lowest BCUT2D eigenvalue weighted by Crippen LogP contribution is -2.31. The highest BCUT2D eigenvalue weighted by Crippen LogP contribution is 2.31. The lowest BCUT2D eigenvalue weighted by molar-refractivity contribution is 0.106. The van der Waals surface area contributed by atoms with Gasteiger partial charge in [0.15, 0.2) is 5.76 Å². The van der Waals surface area contributed by atoms with Crippen LogP contribution < -0.4 is 10.1 Å². The Balaban J connectivity index is 1.33. The lowest BCUT2D eigenvalue weighted by atomic mass is 10.1. The fraction of sp³-hybridized carbons (Fsp3) is 0.174. The predicted octanol–water partition coefficient (Wildman–Crippen LogP) is 4.82. The Kier molecular flexibility index (Phi) is 6.28. The minimum atomic E-state index is -0.671. The standard InChI is InChI=1S/C23H20ClFN2O3/c24-17-6-4-15(5-7-17)12-26-13-19(28)14-29-20-3-1-2-16(10-20)23-21-9-8-18(25)11-22(21)27-30-23/h1-11,19,26,28H,12-14H2/t19-/m1/s1. The molecule has 1 atom stereocenters. The molecule has 0 unspecified atom stereocenters. The van der Waals surface area contributed by atoms with Crippen molar-refractivity contribution in [3.05, 3.63) is 83.1 Å². The minimum absolute atomic E-state index is 0.138. The third-order valence-electron chi connectivity index (χ3n) is 4.60. The number of aliphatic hydroxyl groups is 1. The molecule has 0 aliphatic carbocycles. The smallest absolute Gasteiger partial charge is 0.174 e. The molecule has 154 valence electrons. The van der Waals surface area contributed by atoms with Crippen molar-refractivity contribution < 1.29 is 18.8 Å². The molecule has 30 heavy (non-hydrogen) atoms. The van der Waals surface area contributed by atoms with Crippen molar-refractivity contribution in [1.82, 2.24) is 10.5 Å². The average Bonchev–Trinajstić information content (AvgIpc) is 3.17. The van der Waals surface area contributed by atoms with Crippen molar-refractivity contribution in [3.63, 3.8) is 0 Å². The summed E-state index contributed by atoms with van der Waals surface area (Å²) in [4.78, 5) is 0. The van der Waals surface area contributed by atoms with Crippen molar-refractivity contribution in [2.75, 3.05) is 13.2 Å². The Morgan fingerprint density at radius 1 is 1.10 bits per heavy atom. The van der Waals surface area contributed by atoms with Gasteiger partial charge in [0, 0.05) is 35.1 Å². The Morgan fingerprint density at radius 2 is 1.93 bits per heavy atom. The zero-order valence-electron chi connectivity index (χ0n) is 16.0. The molecule has 3 aromatic carbocycles. The van der Waals surface area contributed by atoms with E-state index in [1.165, 1.54) is 12.1 Å². The summed E-state index contributed by atoms with van der Waals surface area (Å²) in [6.07, 6.45) is -0.671. The molecular formula is C23H20ClFN2O3. The number of nitrogens with zero attached hydrogens (tertiary/aromatic N) is 1. The van der Waals surface area contributed by atoms with Gasteiger partial charge < -0.3 is 19.7 Å². The molecule has 4 aromatic rings. The topological polar surface area (TPSA) is 67.5 Å². The summed E-state index contributed by atoms with van der Waals surface area (Å²) in [5.74, 6) is 0.773. The predicted molar refractivity (Wildman–Crippen MR) is 114 cm³/mol. The van der Waals surface area contributed by atoms with E-state index in [0.29, 0.717) is 35.1 Å². The first kappa shape index (κ1) is 20.3. The van der Waals surface area contributed by atoms with Gasteiger partial charge in [-0.2, -0.15) is 0 Å². The summed E-state index contributed by atoms with van der Waals surface area (Å²) in [5, 5.41) is 18.7. The maximum absolute atomic E-state index is 13.4. The van der Waals surface area contributed by atoms with E-state index in [4.69, 9.17) is 20.9 Å². The molecule has 2 N–H and O–H groups in total. The van der Waals surface area contributed by atoms with Gasteiger partial charge in [-0.3, -0.25) is 0 Å². The Bertz CT molecular complexity index is 1130. The van der Waals surface area contributed by atoms with Gasteiger partial charge in [-0.15, -0.1) is 0 Å². The molecule has 0 fully saturated rings. The van der Waals surface area contributed by atoms with E-state index in [1.54, 1.807) is 18.2 Å². The first-order valence-corrected chi connectivity index (χ1v) is 9.88. The van der Waals surface area contributed by atoms with Gasteiger partial charge in [0.1, 0.15) is 29.8 Å². The normalized spacial score (nSPS) is 12.2. The molecule has 0 amide bonds. The quantitative estimate of drug-likeness (QED) is 0.423. The fourth-order valence-electron chi connectivity index (χ4n) is 3.09. The van der Waals surface area contributed by atoms with E-state index < -0.39 is 6.10 Å². The molecule has 0 spiro atoms. The van der Waals surface area contributed by atoms with Gasteiger partial charge in [-0.05, 0) is 42.0 Å². The van der Waals surface area contributed by atoms with Crippen LogP contribution in [-0.2, 0) is 6.54 Å². The maximum Gasteiger partial charge on any atom is 0.174 e. The maximum atomic E-state index is 13.4. The zero-order valence-corrected chi connectivity index (χ0v) is 16.8. The summed E-state index contributed by atoms with van der Waals surface area (Å²) in [5.41, 5.74) is 2.30. The molecule has 1 heterocycles. The number of nitrogens with one attached hydrogen (secondary N) is 1. The third kappa shape index (κ3) is 4.97. The second-order valence-corrected chi connectivity index (χ2v) is 7.36. The highest BCUT2D eigenvalue weighted by atomic mass is 35.5. The number of aliphatic hydroxyl groups excluding tert-OH is 1. The van der Waals surface area contributed by atoms with Crippen molar-refractivity contribution in [3.8, 4) is 17.1 Å².